The van der Waals surface area contributed by atoms with Gasteiger partial charge in [-0.15, -0.1) is 11.3 Å². The molecule has 2 aromatic heterocycles. The van der Waals surface area contributed by atoms with Gasteiger partial charge in [-0.3, -0.25) is 10.1 Å². The molecule has 9 heteroatoms. The number of H-pyrrole nitrogens is 1. The van der Waals surface area contributed by atoms with Crippen molar-refractivity contribution in [1.82, 2.24) is 15.0 Å². The molecule has 0 aliphatic rings. The average molecular weight is 496 g/mol. The van der Waals surface area contributed by atoms with Crippen LogP contribution in [0.4, 0.5) is 13.9 Å². The van der Waals surface area contributed by atoms with Gasteiger partial charge in [-0.1, -0.05) is 12.1 Å². The second kappa shape index (κ2) is 7.31. The molecule has 0 aliphatic carbocycles. The van der Waals surface area contributed by atoms with Crippen LogP contribution in [0.25, 0.3) is 22.3 Å². The number of amides is 1. The maximum atomic E-state index is 12.7. The molecular weight excluding hydrogens is 485 g/mol. The van der Waals surface area contributed by atoms with Crippen LogP contribution in [-0.2, 0) is 0 Å². The van der Waals surface area contributed by atoms with Crippen molar-refractivity contribution in [3.63, 3.8) is 0 Å². The number of rotatable bonds is 4. The summed E-state index contributed by atoms with van der Waals surface area (Å²) in [4.78, 5) is 23.2. The Morgan fingerprint density at radius 3 is 2.67 bits per heavy atom. The Labute approximate surface area is 170 Å². The van der Waals surface area contributed by atoms with Crippen LogP contribution >= 0.6 is 33.9 Å². The number of alkyl halides is 2. The SMILES string of the molecule is O=C(Nc1nc(-c2ccc(I)cc2)cs1)c1ccc2nc(C(F)F)[nH]c2c1. The quantitative estimate of drug-likeness (QED) is 0.368. The summed E-state index contributed by atoms with van der Waals surface area (Å²) in [7, 11) is 0. The predicted octanol–water partition coefficient (Wildman–Crippen LogP) is 5.48. The first-order valence-corrected chi connectivity index (χ1v) is 9.76. The number of hydrogen-bond donors (Lipinski definition) is 2. The fourth-order valence-corrected chi connectivity index (χ4v) is 3.60. The lowest BCUT2D eigenvalue weighted by Gasteiger charge is -2.02. The Morgan fingerprint density at radius 2 is 1.93 bits per heavy atom. The van der Waals surface area contributed by atoms with E-state index >= 15 is 0 Å². The van der Waals surface area contributed by atoms with Gasteiger partial charge < -0.3 is 4.98 Å². The smallest absolute Gasteiger partial charge is 0.295 e. The number of aromatic nitrogens is 3. The third-order valence-electron chi connectivity index (χ3n) is 3.83. The minimum absolute atomic E-state index is 0.331. The van der Waals surface area contributed by atoms with Crippen molar-refractivity contribution in [2.45, 2.75) is 6.43 Å². The standard InChI is InChI=1S/C18H11F2IN4OS/c19-15(20)16-22-12-6-3-10(7-13(12)23-16)17(26)25-18-24-14(8-27-18)9-1-4-11(21)5-2-9/h1-8,15H,(H,22,23)(H,24,25,26). The van der Waals surface area contributed by atoms with Crippen LogP contribution in [0, 0.1) is 3.57 Å². The number of imidazole rings is 1. The Kier molecular flexibility index (Phi) is 4.87. The number of anilines is 1. The molecule has 4 rings (SSSR count). The zero-order valence-electron chi connectivity index (χ0n) is 13.5. The molecule has 4 aromatic rings. The second-order valence-electron chi connectivity index (χ2n) is 5.65. The highest BCUT2D eigenvalue weighted by Gasteiger charge is 2.15. The van der Waals surface area contributed by atoms with Gasteiger partial charge in [0, 0.05) is 20.1 Å². The molecule has 0 fully saturated rings. The number of hydrogen-bond acceptors (Lipinski definition) is 4. The van der Waals surface area contributed by atoms with Crippen molar-refractivity contribution in [1.29, 1.82) is 0 Å². The highest BCUT2D eigenvalue weighted by atomic mass is 127. The van der Waals surface area contributed by atoms with Crippen molar-refractivity contribution in [2.24, 2.45) is 0 Å². The van der Waals surface area contributed by atoms with Gasteiger partial charge in [-0.05, 0) is 52.9 Å². The number of nitrogens with one attached hydrogen (secondary N) is 2. The summed E-state index contributed by atoms with van der Waals surface area (Å²) in [5.74, 6) is -0.779. The van der Waals surface area contributed by atoms with Crippen LogP contribution in [0.2, 0.25) is 0 Å². The molecule has 2 aromatic carbocycles. The molecule has 27 heavy (non-hydrogen) atoms. The van der Waals surface area contributed by atoms with Crippen molar-refractivity contribution in [3.8, 4) is 11.3 Å². The number of carbonyl (C=O) groups excluding carboxylic acids is 1. The van der Waals surface area contributed by atoms with E-state index in [-0.39, 0.29) is 5.91 Å². The normalized spacial score (nSPS) is 11.3. The first-order valence-electron chi connectivity index (χ1n) is 7.80. The number of nitrogens with zero attached hydrogens (tertiary/aromatic N) is 2. The van der Waals surface area contributed by atoms with E-state index < -0.39 is 12.2 Å². The molecule has 0 bridgehead atoms. The number of carbonyl (C=O) groups is 1. The maximum absolute atomic E-state index is 12.7. The lowest BCUT2D eigenvalue weighted by atomic mass is 10.2. The molecule has 0 spiro atoms. The summed E-state index contributed by atoms with van der Waals surface area (Å²) < 4.78 is 26.6. The van der Waals surface area contributed by atoms with Crippen LogP contribution in [-0.4, -0.2) is 20.9 Å². The minimum atomic E-state index is -2.69. The van der Waals surface area contributed by atoms with E-state index in [1.165, 1.54) is 23.5 Å². The molecule has 0 aliphatic heterocycles. The van der Waals surface area contributed by atoms with Gasteiger partial charge in [0.1, 0.15) is 0 Å². The zero-order valence-corrected chi connectivity index (χ0v) is 16.5. The molecule has 0 saturated heterocycles. The third kappa shape index (κ3) is 3.83. The van der Waals surface area contributed by atoms with Gasteiger partial charge >= 0.3 is 0 Å². The zero-order chi connectivity index (χ0) is 19.0. The van der Waals surface area contributed by atoms with E-state index in [4.69, 9.17) is 0 Å². The highest BCUT2D eigenvalue weighted by molar-refractivity contribution is 14.1. The average Bonchev–Trinajstić information content (AvgIpc) is 3.28. The van der Waals surface area contributed by atoms with E-state index in [1.54, 1.807) is 6.07 Å². The second-order valence-corrected chi connectivity index (χ2v) is 7.76. The van der Waals surface area contributed by atoms with Crippen LogP contribution in [0.1, 0.15) is 22.6 Å². The summed E-state index contributed by atoms with van der Waals surface area (Å²) in [5.41, 5.74) is 2.84. The first-order chi connectivity index (χ1) is 13.0. The lowest BCUT2D eigenvalue weighted by Crippen LogP contribution is -2.11. The van der Waals surface area contributed by atoms with Gasteiger partial charge in [-0.2, -0.15) is 0 Å². The van der Waals surface area contributed by atoms with E-state index in [9.17, 15) is 13.6 Å². The van der Waals surface area contributed by atoms with Crippen LogP contribution < -0.4 is 5.32 Å². The van der Waals surface area contributed by atoms with Gasteiger partial charge in [0.25, 0.3) is 12.3 Å². The van der Waals surface area contributed by atoms with Crippen molar-refractivity contribution < 1.29 is 13.6 Å². The molecule has 136 valence electrons. The van der Waals surface area contributed by atoms with E-state index in [0.29, 0.717) is 21.7 Å². The lowest BCUT2D eigenvalue weighted by molar-refractivity contribution is 0.102. The number of thiazole rings is 1. The number of fused-ring (bicyclic) bond motifs is 1. The van der Waals surface area contributed by atoms with Crippen molar-refractivity contribution >= 4 is 56.0 Å². The molecule has 0 unspecified atom stereocenters. The number of benzene rings is 2. The minimum Gasteiger partial charge on any atom is -0.337 e. The van der Waals surface area contributed by atoms with Gasteiger partial charge in [0.15, 0.2) is 11.0 Å². The summed E-state index contributed by atoms with van der Waals surface area (Å²) in [6.07, 6.45) is -2.69. The summed E-state index contributed by atoms with van der Waals surface area (Å²) in [5, 5.41) is 5.07. The summed E-state index contributed by atoms with van der Waals surface area (Å²) in [6.45, 7) is 0. The number of aromatic amines is 1. The topological polar surface area (TPSA) is 70.7 Å². The highest BCUT2D eigenvalue weighted by Crippen LogP contribution is 2.26. The number of halogens is 3. The van der Waals surface area contributed by atoms with Crippen LogP contribution in [0.3, 0.4) is 0 Å². The molecule has 5 nitrogen and oxygen atoms in total. The fraction of sp³-hybridized carbons (Fsp3) is 0.0556. The Hall–Kier alpha value is -2.40. The molecule has 0 atom stereocenters. The maximum Gasteiger partial charge on any atom is 0.295 e. The molecule has 2 heterocycles. The van der Waals surface area contributed by atoms with Crippen LogP contribution in [0.15, 0.2) is 47.8 Å². The van der Waals surface area contributed by atoms with Gasteiger partial charge in [0.05, 0.1) is 16.7 Å². The molecule has 0 saturated carbocycles. The largest absolute Gasteiger partial charge is 0.337 e. The predicted molar refractivity (Wildman–Crippen MR) is 109 cm³/mol. The van der Waals surface area contributed by atoms with Crippen molar-refractivity contribution in [3.05, 3.63) is 62.8 Å². The Morgan fingerprint density at radius 1 is 1.15 bits per heavy atom. The molecule has 0 radical (unpaired) electrons. The van der Waals surface area contributed by atoms with E-state index in [0.717, 1.165) is 14.8 Å². The molecular formula is C18H11F2IN4OS. The van der Waals surface area contributed by atoms with Gasteiger partial charge in [0.2, 0.25) is 0 Å². The van der Waals surface area contributed by atoms with Crippen LogP contribution in [0.5, 0.6) is 0 Å². The molecule has 2 N–H and O–H groups in total. The Bertz CT molecular complexity index is 1120. The third-order valence-corrected chi connectivity index (χ3v) is 5.31. The van der Waals surface area contributed by atoms with E-state index in [1.807, 2.05) is 29.6 Å². The first kappa shape index (κ1) is 18.0. The Balaban J connectivity index is 1.53. The summed E-state index contributed by atoms with van der Waals surface area (Å²) >= 11 is 3.55. The van der Waals surface area contributed by atoms with Crippen molar-refractivity contribution in [2.75, 3.05) is 5.32 Å². The van der Waals surface area contributed by atoms with Gasteiger partial charge in [-0.25, -0.2) is 18.7 Å². The van der Waals surface area contributed by atoms with E-state index in [2.05, 4.69) is 42.9 Å². The summed E-state index contributed by atoms with van der Waals surface area (Å²) in [6, 6.07) is 12.5. The fourth-order valence-electron chi connectivity index (χ4n) is 2.53. The monoisotopic (exact) mass is 496 g/mol. The molecule has 1 amide bonds.